The molecule has 152 valence electrons. The SMILES string of the molecule is CC(C)CC(=O)Nc1ccc(OCCC2CCCN2C)c(-c2ccnn2C)c1. The lowest BCUT2D eigenvalue weighted by molar-refractivity contribution is -0.116. The van der Waals surface area contributed by atoms with Gasteiger partial charge in [-0.3, -0.25) is 9.48 Å². The van der Waals surface area contributed by atoms with Crippen LogP contribution in [0.5, 0.6) is 5.75 Å². The first-order valence-corrected chi connectivity index (χ1v) is 10.2. The average Bonchev–Trinajstić information content (AvgIpc) is 3.23. The smallest absolute Gasteiger partial charge is 0.224 e. The summed E-state index contributed by atoms with van der Waals surface area (Å²) in [5, 5.41) is 7.28. The van der Waals surface area contributed by atoms with Crippen molar-refractivity contribution in [1.29, 1.82) is 0 Å². The van der Waals surface area contributed by atoms with E-state index in [9.17, 15) is 4.79 Å². The first-order chi connectivity index (χ1) is 13.4. The number of benzene rings is 1. The van der Waals surface area contributed by atoms with Crippen molar-refractivity contribution in [3.05, 3.63) is 30.5 Å². The Morgan fingerprint density at radius 3 is 2.79 bits per heavy atom. The highest BCUT2D eigenvalue weighted by atomic mass is 16.5. The molecule has 6 nitrogen and oxygen atoms in total. The normalized spacial score (nSPS) is 17.2. The van der Waals surface area contributed by atoms with Gasteiger partial charge in [0.1, 0.15) is 5.75 Å². The molecule has 1 saturated heterocycles. The van der Waals surface area contributed by atoms with Gasteiger partial charge in [-0.1, -0.05) is 13.8 Å². The topological polar surface area (TPSA) is 59.4 Å². The Labute approximate surface area is 167 Å². The number of ether oxygens (including phenoxy) is 1. The van der Waals surface area contributed by atoms with E-state index in [-0.39, 0.29) is 5.91 Å². The third-order valence-corrected chi connectivity index (χ3v) is 5.33. The second-order valence-electron chi connectivity index (χ2n) is 8.11. The van der Waals surface area contributed by atoms with E-state index in [1.807, 2.05) is 49.8 Å². The molecular weight excluding hydrogens is 352 g/mol. The predicted molar refractivity (Wildman–Crippen MR) is 112 cm³/mol. The first kappa shape index (κ1) is 20.4. The molecule has 1 amide bonds. The number of carbonyl (C=O) groups excluding carboxylic acids is 1. The van der Waals surface area contributed by atoms with E-state index in [0.717, 1.165) is 29.1 Å². The molecule has 1 aromatic carbocycles. The summed E-state index contributed by atoms with van der Waals surface area (Å²) in [7, 11) is 4.10. The van der Waals surface area contributed by atoms with Gasteiger partial charge >= 0.3 is 0 Å². The van der Waals surface area contributed by atoms with Crippen LogP contribution in [0, 0.1) is 5.92 Å². The van der Waals surface area contributed by atoms with Crippen LogP contribution in [0.4, 0.5) is 5.69 Å². The van der Waals surface area contributed by atoms with Gasteiger partial charge in [-0.2, -0.15) is 5.10 Å². The maximum Gasteiger partial charge on any atom is 0.224 e. The second kappa shape index (κ2) is 9.24. The number of likely N-dealkylation sites (tertiary alicyclic amines) is 1. The molecule has 1 atom stereocenters. The predicted octanol–water partition coefficient (Wildman–Crippen LogP) is 3.93. The van der Waals surface area contributed by atoms with Gasteiger partial charge in [-0.15, -0.1) is 0 Å². The fourth-order valence-corrected chi connectivity index (χ4v) is 3.80. The first-order valence-electron chi connectivity index (χ1n) is 10.2. The third kappa shape index (κ3) is 5.13. The lowest BCUT2D eigenvalue weighted by Gasteiger charge is -2.20. The average molecular weight is 385 g/mol. The molecule has 1 aliphatic rings. The van der Waals surface area contributed by atoms with Gasteiger partial charge in [0, 0.05) is 37.0 Å². The molecule has 28 heavy (non-hydrogen) atoms. The van der Waals surface area contributed by atoms with Crippen molar-refractivity contribution in [2.75, 3.05) is 25.5 Å². The number of aromatic nitrogens is 2. The van der Waals surface area contributed by atoms with Crippen LogP contribution in [0.15, 0.2) is 30.5 Å². The molecule has 0 spiro atoms. The zero-order valence-corrected chi connectivity index (χ0v) is 17.4. The highest BCUT2D eigenvalue weighted by molar-refractivity contribution is 5.92. The number of rotatable bonds is 8. The molecule has 0 aliphatic carbocycles. The zero-order chi connectivity index (χ0) is 20.1. The van der Waals surface area contributed by atoms with E-state index in [1.54, 1.807) is 6.20 Å². The molecule has 3 rings (SSSR count). The molecule has 1 unspecified atom stereocenters. The molecule has 0 saturated carbocycles. The Bertz CT molecular complexity index is 800. The number of amides is 1. The van der Waals surface area contributed by atoms with Gasteiger partial charge in [0.2, 0.25) is 5.91 Å². The number of hydrogen-bond donors (Lipinski definition) is 1. The largest absolute Gasteiger partial charge is 0.493 e. The monoisotopic (exact) mass is 384 g/mol. The van der Waals surface area contributed by atoms with Crippen molar-refractivity contribution >= 4 is 11.6 Å². The maximum absolute atomic E-state index is 12.2. The van der Waals surface area contributed by atoms with Crippen LogP contribution in [0.2, 0.25) is 0 Å². The van der Waals surface area contributed by atoms with E-state index < -0.39 is 0 Å². The van der Waals surface area contributed by atoms with Gasteiger partial charge < -0.3 is 15.0 Å². The van der Waals surface area contributed by atoms with E-state index in [1.165, 1.54) is 19.4 Å². The standard InChI is InChI=1S/C22H32N4O2/c1-16(2)14-22(27)24-17-7-8-21(19(15-17)20-9-11-23-26(20)4)28-13-10-18-6-5-12-25(18)3/h7-9,11,15-16,18H,5-6,10,12-14H2,1-4H3,(H,24,27). The molecule has 2 aromatic rings. The quantitative estimate of drug-likeness (QED) is 0.749. The van der Waals surface area contributed by atoms with Crippen molar-refractivity contribution in [1.82, 2.24) is 14.7 Å². The fourth-order valence-electron chi connectivity index (χ4n) is 3.80. The van der Waals surface area contributed by atoms with Crippen molar-refractivity contribution in [3.8, 4) is 17.0 Å². The molecule has 1 fully saturated rings. The number of hydrogen-bond acceptors (Lipinski definition) is 4. The summed E-state index contributed by atoms with van der Waals surface area (Å²) >= 11 is 0. The fraction of sp³-hybridized carbons (Fsp3) is 0.545. The highest BCUT2D eigenvalue weighted by Gasteiger charge is 2.21. The molecule has 1 aliphatic heterocycles. The molecule has 0 bridgehead atoms. The van der Waals surface area contributed by atoms with Gasteiger partial charge in [0.15, 0.2) is 0 Å². The number of aryl methyl sites for hydroxylation is 1. The van der Waals surface area contributed by atoms with Gasteiger partial charge in [-0.05, 0) is 63.0 Å². The Balaban J connectivity index is 1.75. The van der Waals surface area contributed by atoms with Crippen LogP contribution in [0.3, 0.4) is 0 Å². The van der Waals surface area contributed by atoms with Crippen molar-refractivity contribution in [2.24, 2.45) is 13.0 Å². The minimum atomic E-state index is 0.0314. The Morgan fingerprint density at radius 1 is 1.32 bits per heavy atom. The minimum Gasteiger partial charge on any atom is -0.493 e. The Hall–Kier alpha value is -2.34. The zero-order valence-electron chi connectivity index (χ0n) is 17.4. The van der Waals surface area contributed by atoms with Crippen LogP contribution in [-0.2, 0) is 11.8 Å². The molecule has 0 radical (unpaired) electrons. The maximum atomic E-state index is 12.2. The van der Waals surface area contributed by atoms with Crippen LogP contribution >= 0.6 is 0 Å². The lowest BCUT2D eigenvalue weighted by Crippen LogP contribution is -2.26. The third-order valence-electron chi connectivity index (χ3n) is 5.33. The summed E-state index contributed by atoms with van der Waals surface area (Å²) in [4.78, 5) is 14.6. The molecular formula is C22H32N4O2. The van der Waals surface area contributed by atoms with Gasteiger partial charge in [0.05, 0.1) is 12.3 Å². The van der Waals surface area contributed by atoms with Gasteiger partial charge in [0.25, 0.3) is 0 Å². The minimum absolute atomic E-state index is 0.0314. The van der Waals surface area contributed by atoms with Crippen molar-refractivity contribution < 1.29 is 9.53 Å². The Morgan fingerprint density at radius 2 is 2.14 bits per heavy atom. The van der Waals surface area contributed by atoms with Crippen LogP contribution in [0.25, 0.3) is 11.3 Å². The summed E-state index contributed by atoms with van der Waals surface area (Å²) < 4.78 is 8.00. The van der Waals surface area contributed by atoms with Crippen LogP contribution < -0.4 is 10.1 Å². The van der Waals surface area contributed by atoms with E-state index in [2.05, 4.69) is 22.4 Å². The number of nitrogens with zero attached hydrogens (tertiary/aromatic N) is 3. The number of carbonyl (C=O) groups is 1. The molecule has 1 aromatic heterocycles. The number of nitrogens with one attached hydrogen (secondary N) is 1. The summed E-state index contributed by atoms with van der Waals surface area (Å²) in [6.45, 7) is 5.94. The Kier molecular flexibility index (Phi) is 6.73. The molecule has 1 N–H and O–H groups in total. The summed E-state index contributed by atoms with van der Waals surface area (Å²) in [6.07, 6.45) is 5.82. The van der Waals surface area contributed by atoms with E-state index in [0.29, 0.717) is 25.0 Å². The molecule has 6 heteroatoms. The van der Waals surface area contributed by atoms with Crippen molar-refractivity contribution in [2.45, 2.75) is 45.6 Å². The summed E-state index contributed by atoms with van der Waals surface area (Å²) in [5.41, 5.74) is 2.69. The summed E-state index contributed by atoms with van der Waals surface area (Å²) in [5.74, 6) is 1.18. The lowest BCUT2D eigenvalue weighted by atomic mass is 10.1. The number of anilines is 1. The highest BCUT2D eigenvalue weighted by Crippen LogP contribution is 2.33. The van der Waals surface area contributed by atoms with E-state index >= 15 is 0 Å². The van der Waals surface area contributed by atoms with Crippen molar-refractivity contribution in [3.63, 3.8) is 0 Å². The van der Waals surface area contributed by atoms with E-state index in [4.69, 9.17) is 4.74 Å². The molecule has 2 heterocycles. The second-order valence-corrected chi connectivity index (χ2v) is 8.11. The van der Waals surface area contributed by atoms with Crippen LogP contribution in [0.1, 0.15) is 39.5 Å². The van der Waals surface area contributed by atoms with Crippen LogP contribution in [-0.4, -0.2) is 46.8 Å². The van der Waals surface area contributed by atoms with Gasteiger partial charge in [-0.25, -0.2) is 0 Å². The summed E-state index contributed by atoms with van der Waals surface area (Å²) in [6, 6.07) is 8.41.